The second-order valence-corrected chi connectivity index (χ2v) is 17.2. The molecule has 3 atom stereocenters. The Morgan fingerprint density at radius 3 is 1.31 bits per heavy atom. The van der Waals surface area contributed by atoms with Crippen LogP contribution in [0.25, 0.3) is 0 Å². The molecule has 3 N–H and O–H groups in total. The Bertz CT molecular complexity index is 1280. The zero-order chi connectivity index (χ0) is 45.3. The monoisotopic (exact) mass is 889 g/mol. The number of aliphatic hydroxyl groups is 2. The van der Waals surface area contributed by atoms with Crippen molar-refractivity contribution in [2.75, 3.05) is 33.0 Å². The van der Waals surface area contributed by atoms with Crippen molar-refractivity contribution in [3.63, 3.8) is 0 Å². The van der Waals surface area contributed by atoms with Gasteiger partial charge in [-0.1, -0.05) is 182 Å². The van der Waals surface area contributed by atoms with Gasteiger partial charge in [-0.3, -0.25) is 13.8 Å². The van der Waals surface area contributed by atoms with Gasteiger partial charge in [0.25, 0.3) is 0 Å². The molecule has 0 saturated heterocycles. The van der Waals surface area contributed by atoms with Crippen molar-refractivity contribution in [3.8, 4) is 0 Å². The summed E-state index contributed by atoms with van der Waals surface area (Å²) in [4.78, 5) is 22.7. The molecule has 0 rings (SSSR count). The summed E-state index contributed by atoms with van der Waals surface area (Å²) in [5.41, 5.74) is 0. The lowest BCUT2D eigenvalue weighted by Gasteiger charge is -2.20. The Balaban J connectivity index is 4.16. The molecule has 0 amide bonds. The normalized spacial score (nSPS) is 14.7. The van der Waals surface area contributed by atoms with Crippen LogP contribution in [0, 0.1) is 0 Å². The van der Waals surface area contributed by atoms with Crippen LogP contribution in [0.4, 0.5) is 0 Å². The van der Waals surface area contributed by atoms with Gasteiger partial charge >= 0.3 is 13.8 Å². The summed E-state index contributed by atoms with van der Waals surface area (Å²) in [6, 6.07) is 0. The number of hydrogen-bond donors (Lipinski definition) is 3. The van der Waals surface area contributed by atoms with Crippen LogP contribution in [0.1, 0.15) is 181 Å². The van der Waals surface area contributed by atoms with Gasteiger partial charge in [-0.15, -0.1) is 0 Å². The van der Waals surface area contributed by atoms with E-state index in [4.69, 9.17) is 23.6 Å². The van der Waals surface area contributed by atoms with Gasteiger partial charge in [-0.2, -0.15) is 0 Å². The van der Waals surface area contributed by atoms with Crippen molar-refractivity contribution >= 4 is 13.8 Å². The highest BCUT2D eigenvalue weighted by Crippen LogP contribution is 2.43. The van der Waals surface area contributed by atoms with Gasteiger partial charge in [0.2, 0.25) is 0 Å². The number of esters is 1. The Hall–Kier alpha value is -2.62. The van der Waals surface area contributed by atoms with E-state index in [2.05, 4.69) is 111 Å². The van der Waals surface area contributed by atoms with E-state index < -0.39 is 45.8 Å². The molecule has 3 unspecified atom stereocenters. The van der Waals surface area contributed by atoms with Crippen molar-refractivity contribution in [2.24, 2.45) is 0 Å². The molecule has 0 aromatic carbocycles. The molecule has 9 nitrogen and oxygen atoms in total. The lowest BCUT2D eigenvalue weighted by molar-refractivity contribution is -0.154. The quantitative estimate of drug-likeness (QED) is 0.0237. The van der Waals surface area contributed by atoms with Crippen molar-refractivity contribution in [1.82, 2.24) is 0 Å². The van der Waals surface area contributed by atoms with E-state index in [0.29, 0.717) is 13.0 Å². The van der Waals surface area contributed by atoms with Gasteiger partial charge in [0.05, 0.1) is 26.4 Å². The largest absolute Gasteiger partial charge is 0.472 e. The predicted octanol–water partition coefficient (Wildman–Crippen LogP) is 14.0. The average Bonchev–Trinajstić information content (AvgIpc) is 3.26. The minimum absolute atomic E-state index is 0.0290. The number of allylic oxidation sites excluding steroid dienone is 16. The molecule has 0 saturated carbocycles. The van der Waals surface area contributed by atoms with Gasteiger partial charge in [-0.25, -0.2) is 4.57 Å². The van der Waals surface area contributed by atoms with Gasteiger partial charge in [0, 0.05) is 13.0 Å². The first-order valence-corrected chi connectivity index (χ1v) is 25.7. The second kappa shape index (κ2) is 47.8. The van der Waals surface area contributed by atoms with Crippen LogP contribution < -0.4 is 0 Å². The SMILES string of the molecule is CC/C=C\C/C=C\C/C=C\C/C=C\CCCCCCCCCCCCC(=O)OC(COCCCCCCC/C=C\C/C=C\C/C=C\C/C=C\CC)COP(=O)(O)OCC(O)CO. The molecule has 356 valence electrons. The van der Waals surface area contributed by atoms with Crippen LogP contribution in [0.15, 0.2) is 97.2 Å². The first-order chi connectivity index (χ1) is 30.3. The highest BCUT2D eigenvalue weighted by atomic mass is 31.2. The summed E-state index contributed by atoms with van der Waals surface area (Å²) in [7, 11) is -4.54. The molecule has 0 aliphatic rings. The van der Waals surface area contributed by atoms with Gasteiger partial charge in [-0.05, 0) is 89.9 Å². The van der Waals surface area contributed by atoms with Crippen LogP contribution in [0.5, 0.6) is 0 Å². The second-order valence-electron chi connectivity index (χ2n) is 15.7. The number of phosphoric ester groups is 1. The number of carbonyl (C=O) groups excluding carboxylic acids is 1. The van der Waals surface area contributed by atoms with E-state index in [1.54, 1.807) is 0 Å². The molecule has 62 heavy (non-hydrogen) atoms. The lowest BCUT2D eigenvalue weighted by atomic mass is 10.0. The van der Waals surface area contributed by atoms with E-state index in [0.717, 1.165) is 116 Å². The summed E-state index contributed by atoms with van der Waals surface area (Å²) in [6.07, 6.45) is 60.8. The van der Waals surface area contributed by atoms with E-state index in [9.17, 15) is 19.4 Å². The van der Waals surface area contributed by atoms with E-state index >= 15 is 0 Å². The van der Waals surface area contributed by atoms with E-state index in [1.807, 2.05) is 0 Å². The molecular weight excluding hydrogens is 800 g/mol. The molecule has 0 aromatic heterocycles. The Labute approximate surface area is 378 Å². The molecule has 0 bridgehead atoms. The summed E-state index contributed by atoms with van der Waals surface area (Å²) in [6.45, 7) is 3.23. The Morgan fingerprint density at radius 1 is 0.500 bits per heavy atom. The van der Waals surface area contributed by atoms with Crippen LogP contribution >= 0.6 is 7.82 Å². The average molecular weight is 889 g/mol. The summed E-state index contributed by atoms with van der Waals surface area (Å²) < 4.78 is 33.5. The highest BCUT2D eigenvalue weighted by Gasteiger charge is 2.26. The third kappa shape index (κ3) is 46.9. The maximum atomic E-state index is 12.7. The number of aliphatic hydroxyl groups excluding tert-OH is 2. The summed E-state index contributed by atoms with van der Waals surface area (Å²) in [5.74, 6) is -0.398. The fourth-order valence-electron chi connectivity index (χ4n) is 6.16. The first-order valence-electron chi connectivity index (χ1n) is 24.2. The molecule has 0 fully saturated rings. The number of hydrogen-bond acceptors (Lipinski definition) is 8. The van der Waals surface area contributed by atoms with E-state index in [1.165, 1.54) is 38.5 Å². The molecule has 0 radical (unpaired) electrons. The third-order valence-corrected chi connectivity index (χ3v) is 10.7. The predicted molar refractivity (Wildman–Crippen MR) is 260 cm³/mol. The van der Waals surface area contributed by atoms with E-state index in [-0.39, 0.29) is 13.0 Å². The number of carbonyl (C=O) groups is 1. The zero-order valence-corrected chi connectivity index (χ0v) is 39.9. The van der Waals surface area contributed by atoms with Crippen LogP contribution in [0.3, 0.4) is 0 Å². The van der Waals surface area contributed by atoms with Gasteiger partial charge in [0.15, 0.2) is 0 Å². The fourth-order valence-corrected chi connectivity index (χ4v) is 6.95. The topological polar surface area (TPSA) is 132 Å². The summed E-state index contributed by atoms with van der Waals surface area (Å²) >= 11 is 0. The molecule has 10 heteroatoms. The number of unbranched alkanes of at least 4 members (excludes halogenated alkanes) is 15. The Kier molecular flexibility index (Phi) is 45.8. The van der Waals surface area contributed by atoms with Crippen LogP contribution in [-0.4, -0.2) is 66.3 Å². The van der Waals surface area contributed by atoms with Crippen LogP contribution in [0.2, 0.25) is 0 Å². The molecule has 0 aliphatic heterocycles. The minimum Gasteiger partial charge on any atom is -0.457 e. The van der Waals surface area contributed by atoms with Gasteiger partial charge < -0.3 is 24.6 Å². The molecule has 0 heterocycles. The molecular formula is C52H89O9P. The first kappa shape index (κ1) is 59.4. The van der Waals surface area contributed by atoms with Gasteiger partial charge in [0.1, 0.15) is 12.2 Å². The number of ether oxygens (including phenoxy) is 2. The van der Waals surface area contributed by atoms with Crippen LogP contribution in [-0.2, 0) is 27.9 Å². The Morgan fingerprint density at radius 2 is 0.871 bits per heavy atom. The standard InChI is InChI=1S/C52H89O9P/c1-3-5-7-9-11-13-15-17-19-21-23-24-25-26-27-28-30-32-34-36-38-40-42-44-52(55)61-51(49-60-62(56,57)59-47-50(54)46-53)48-58-45-43-41-39-37-35-33-31-29-22-20-18-16-14-12-10-8-6-4-2/h5-8,11-14,17-20,23-24,29,31,50-51,53-54H,3-4,9-10,15-16,21-22,25-28,30,32-49H2,1-2H3,(H,56,57)/b7-5-,8-6-,13-11-,14-12-,19-17-,20-18-,24-23-,31-29-. The molecule has 0 spiro atoms. The number of phosphoric acid groups is 1. The lowest BCUT2D eigenvalue weighted by Crippen LogP contribution is -2.29. The maximum Gasteiger partial charge on any atom is 0.472 e. The fraction of sp³-hybridized carbons (Fsp3) is 0.673. The number of rotatable bonds is 45. The van der Waals surface area contributed by atoms with Crippen molar-refractivity contribution in [2.45, 2.75) is 193 Å². The molecule has 0 aromatic rings. The maximum absolute atomic E-state index is 12.7. The van der Waals surface area contributed by atoms with Crippen molar-refractivity contribution in [3.05, 3.63) is 97.2 Å². The summed E-state index contributed by atoms with van der Waals surface area (Å²) in [5, 5.41) is 18.4. The molecule has 0 aliphatic carbocycles. The zero-order valence-electron chi connectivity index (χ0n) is 39.1. The van der Waals surface area contributed by atoms with Crippen molar-refractivity contribution in [1.29, 1.82) is 0 Å². The smallest absolute Gasteiger partial charge is 0.457 e. The third-order valence-electron chi connectivity index (χ3n) is 9.77. The van der Waals surface area contributed by atoms with Crippen molar-refractivity contribution < 1.29 is 43.0 Å². The minimum atomic E-state index is -4.54. The highest BCUT2D eigenvalue weighted by molar-refractivity contribution is 7.47.